The zero-order chi connectivity index (χ0) is 27.2. The van der Waals surface area contributed by atoms with Crippen molar-refractivity contribution in [3.05, 3.63) is 64.7 Å². The van der Waals surface area contributed by atoms with E-state index in [1.54, 1.807) is 11.0 Å². The van der Waals surface area contributed by atoms with Gasteiger partial charge in [0, 0.05) is 12.6 Å². The molecule has 2 aromatic carbocycles. The predicted molar refractivity (Wildman–Crippen MR) is 149 cm³/mol. The quantitative estimate of drug-likeness (QED) is 0.488. The van der Waals surface area contributed by atoms with E-state index >= 15 is 0 Å². The molecule has 202 valence electrons. The molecule has 0 spiro atoms. The Hall–Kier alpha value is -2.87. The van der Waals surface area contributed by atoms with Crippen LogP contribution in [0.25, 0.3) is 0 Å². The number of nitrogens with one attached hydrogen (secondary N) is 1. The molecule has 2 amide bonds. The maximum atomic E-state index is 13.9. The lowest BCUT2D eigenvalue weighted by Crippen LogP contribution is -2.54. The van der Waals surface area contributed by atoms with Crippen LogP contribution in [-0.2, 0) is 26.2 Å². The van der Waals surface area contributed by atoms with Gasteiger partial charge in [0.25, 0.3) is 0 Å². The van der Waals surface area contributed by atoms with E-state index in [2.05, 4.69) is 5.32 Å². The molecular weight excluding hydrogens is 486 g/mol. The van der Waals surface area contributed by atoms with E-state index in [4.69, 9.17) is 0 Å². The molecule has 0 radical (unpaired) electrons. The molecular formula is C29H41N3O4S. The lowest BCUT2D eigenvalue weighted by Gasteiger charge is -2.34. The highest BCUT2D eigenvalue weighted by atomic mass is 32.2. The second-order valence-electron chi connectivity index (χ2n) is 10.3. The molecule has 3 rings (SSSR count). The monoisotopic (exact) mass is 527 g/mol. The molecule has 0 saturated heterocycles. The second-order valence-corrected chi connectivity index (χ2v) is 12.2. The predicted octanol–water partition coefficient (Wildman–Crippen LogP) is 4.63. The number of benzene rings is 2. The average molecular weight is 528 g/mol. The molecule has 8 heteroatoms. The number of aryl methyl sites for hydroxylation is 3. The first kappa shape index (κ1) is 28.7. The Kier molecular flexibility index (Phi) is 9.76. The minimum absolute atomic E-state index is 0.119. The molecule has 0 aliphatic heterocycles. The molecule has 0 aromatic heterocycles. The van der Waals surface area contributed by atoms with Crippen molar-refractivity contribution in [1.82, 2.24) is 10.2 Å². The van der Waals surface area contributed by atoms with Gasteiger partial charge < -0.3 is 10.2 Å². The van der Waals surface area contributed by atoms with Crippen molar-refractivity contribution in [2.45, 2.75) is 84.8 Å². The zero-order valence-corrected chi connectivity index (χ0v) is 23.6. The molecule has 7 nitrogen and oxygen atoms in total. The summed E-state index contributed by atoms with van der Waals surface area (Å²) in [5, 5.41) is 3.17. The molecule has 0 heterocycles. The maximum absolute atomic E-state index is 13.9. The molecule has 0 unspecified atom stereocenters. The standard InChI is InChI=1S/C29H41N3O4S/c1-6-26(29(34)30-25-13-8-7-9-14-25)31(19-24-12-10-11-21(2)17-24)28(33)20-32(37(5,35)36)27-18-22(3)15-16-23(27)4/h10-12,15-18,25-26H,6-9,13-14,19-20H2,1-5H3,(H,30,34)/t26-/m1/s1. The highest BCUT2D eigenvalue weighted by Gasteiger charge is 2.33. The van der Waals surface area contributed by atoms with Crippen LogP contribution in [0.3, 0.4) is 0 Å². The van der Waals surface area contributed by atoms with E-state index in [1.165, 1.54) is 6.42 Å². The van der Waals surface area contributed by atoms with Crippen LogP contribution in [0.4, 0.5) is 5.69 Å². The largest absolute Gasteiger partial charge is 0.352 e. The Labute approximate surface area is 222 Å². The summed E-state index contributed by atoms with van der Waals surface area (Å²) in [7, 11) is -3.76. The summed E-state index contributed by atoms with van der Waals surface area (Å²) in [6, 6.07) is 12.8. The number of carbonyl (C=O) groups is 2. The fourth-order valence-corrected chi connectivity index (χ4v) is 5.95. The minimum Gasteiger partial charge on any atom is -0.352 e. The van der Waals surface area contributed by atoms with Crippen molar-refractivity contribution < 1.29 is 18.0 Å². The average Bonchev–Trinajstić information content (AvgIpc) is 2.84. The van der Waals surface area contributed by atoms with Crippen molar-refractivity contribution in [2.75, 3.05) is 17.1 Å². The first-order valence-corrected chi connectivity index (χ1v) is 15.0. The SMILES string of the molecule is CC[C@H](C(=O)NC1CCCCC1)N(Cc1cccc(C)c1)C(=O)CN(c1cc(C)ccc1C)S(C)(=O)=O. The van der Waals surface area contributed by atoms with Crippen LogP contribution in [0.2, 0.25) is 0 Å². The number of carbonyl (C=O) groups excluding carboxylic acids is 2. The molecule has 1 N–H and O–H groups in total. The van der Waals surface area contributed by atoms with Gasteiger partial charge >= 0.3 is 0 Å². The highest BCUT2D eigenvalue weighted by molar-refractivity contribution is 7.92. The Morgan fingerprint density at radius 3 is 2.30 bits per heavy atom. The number of anilines is 1. The lowest BCUT2D eigenvalue weighted by molar-refractivity contribution is -0.140. The highest BCUT2D eigenvalue weighted by Crippen LogP contribution is 2.25. The summed E-state index contributed by atoms with van der Waals surface area (Å²) in [5.74, 6) is -0.577. The van der Waals surface area contributed by atoms with Gasteiger partial charge in [-0.3, -0.25) is 13.9 Å². The first-order chi connectivity index (χ1) is 17.5. The van der Waals surface area contributed by atoms with E-state index in [9.17, 15) is 18.0 Å². The van der Waals surface area contributed by atoms with Crippen molar-refractivity contribution in [3.8, 4) is 0 Å². The lowest BCUT2D eigenvalue weighted by atomic mass is 9.95. The van der Waals surface area contributed by atoms with Crippen LogP contribution < -0.4 is 9.62 Å². The fourth-order valence-electron chi connectivity index (χ4n) is 5.05. The summed E-state index contributed by atoms with van der Waals surface area (Å²) in [6.07, 6.45) is 6.80. The summed E-state index contributed by atoms with van der Waals surface area (Å²) >= 11 is 0. The van der Waals surface area contributed by atoms with Gasteiger partial charge in [-0.1, -0.05) is 68.1 Å². The van der Waals surface area contributed by atoms with Crippen molar-refractivity contribution >= 4 is 27.5 Å². The molecule has 37 heavy (non-hydrogen) atoms. The number of hydrogen-bond acceptors (Lipinski definition) is 4. The third-order valence-corrected chi connectivity index (χ3v) is 8.21. The van der Waals surface area contributed by atoms with E-state index in [0.29, 0.717) is 12.1 Å². The third-order valence-electron chi connectivity index (χ3n) is 7.09. The summed E-state index contributed by atoms with van der Waals surface area (Å²) in [4.78, 5) is 28.9. The zero-order valence-electron chi connectivity index (χ0n) is 22.8. The summed E-state index contributed by atoms with van der Waals surface area (Å²) in [5.41, 5.74) is 4.09. The van der Waals surface area contributed by atoms with Crippen LogP contribution in [0, 0.1) is 20.8 Å². The first-order valence-electron chi connectivity index (χ1n) is 13.2. The van der Waals surface area contributed by atoms with Gasteiger partial charge in [-0.25, -0.2) is 8.42 Å². The van der Waals surface area contributed by atoms with Crippen LogP contribution in [-0.4, -0.2) is 50.0 Å². The molecule has 2 aromatic rings. The molecule has 1 aliphatic carbocycles. The smallest absolute Gasteiger partial charge is 0.244 e. The maximum Gasteiger partial charge on any atom is 0.244 e. The van der Waals surface area contributed by atoms with Crippen molar-refractivity contribution in [2.24, 2.45) is 0 Å². The van der Waals surface area contributed by atoms with Gasteiger partial charge in [0.15, 0.2) is 0 Å². The number of rotatable bonds is 10. The van der Waals surface area contributed by atoms with Gasteiger partial charge in [-0.2, -0.15) is 0 Å². The van der Waals surface area contributed by atoms with Crippen LogP contribution in [0.1, 0.15) is 67.7 Å². The Morgan fingerprint density at radius 2 is 1.68 bits per heavy atom. The Balaban J connectivity index is 1.94. The van der Waals surface area contributed by atoms with E-state index in [0.717, 1.165) is 58.5 Å². The number of sulfonamides is 1. The van der Waals surface area contributed by atoms with Crippen LogP contribution in [0.15, 0.2) is 42.5 Å². The van der Waals surface area contributed by atoms with Gasteiger partial charge in [0.2, 0.25) is 21.8 Å². The molecule has 1 saturated carbocycles. The topological polar surface area (TPSA) is 86.8 Å². The van der Waals surface area contributed by atoms with E-state index in [1.807, 2.05) is 64.1 Å². The molecule has 1 aliphatic rings. The van der Waals surface area contributed by atoms with Crippen LogP contribution >= 0.6 is 0 Å². The van der Waals surface area contributed by atoms with Crippen LogP contribution in [0.5, 0.6) is 0 Å². The van der Waals surface area contributed by atoms with Crippen molar-refractivity contribution in [3.63, 3.8) is 0 Å². The van der Waals surface area contributed by atoms with Gasteiger partial charge in [0.1, 0.15) is 12.6 Å². The summed E-state index contributed by atoms with van der Waals surface area (Å²) < 4.78 is 26.9. The van der Waals surface area contributed by atoms with Gasteiger partial charge in [-0.05, 0) is 62.8 Å². The second kappa shape index (κ2) is 12.6. The van der Waals surface area contributed by atoms with Crippen molar-refractivity contribution in [1.29, 1.82) is 0 Å². The molecule has 1 fully saturated rings. The molecule has 0 bridgehead atoms. The minimum atomic E-state index is -3.76. The Morgan fingerprint density at radius 1 is 1.00 bits per heavy atom. The third kappa shape index (κ3) is 7.81. The van der Waals surface area contributed by atoms with Gasteiger partial charge in [-0.15, -0.1) is 0 Å². The number of amides is 2. The fraction of sp³-hybridized carbons (Fsp3) is 0.517. The van der Waals surface area contributed by atoms with E-state index < -0.39 is 22.0 Å². The summed E-state index contributed by atoms with van der Waals surface area (Å²) in [6.45, 7) is 7.44. The van der Waals surface area contributed by atoms with E-state index in [-0.39, 0.29) is 25.0 Å². The molecule has 1 atom stereocenters. The van der Waals surface area contributed by atoms with Gasteiger partial charge in [0.05, 0.1) is 11.9 Å². The number of hydrogen-bond donors (Lipinski definition) is 1. The number of nitrogens with zero attached hydrogens (tertiary/aromatic N) is 2. The Bertz CT molecular complexity index is 1210. The normalized spacial score (nSPS) is 15.2.